The Labute approximate surface area is 203 Å². The molecule has 4 rings (SSSR count). The van der Waals surface area contributed by atoms with Crippen molar-refractivity contribution in [1.82, 2.24) is 0 Å². The minimum Gasteiger partial charge on any atom is -0.497 e. The van der Waals surface area contributed by atoms with Crippen molar-refractivity contribution in [3.05, 3.63) is 114 Å². The second-order valence-corrected chi connectivity index (χ2v) is 9.69. The van der Waals surface area contributed by atoms with Gasteiger partial charge in [0.1, 0.15) is 23.0 Å². The van der Waals surface area contributed by atoms with E-state index in [2.05, 4.69) is 38.1 Å². The van der Waals surface area contributed by atoms with Crippen LogP contribution in [0.5, 0.6) is 23.0 Å². The highest BCUT2D eigenvalue weighted by Gasteiger charge is 2.23. The van der Waals surface area contributed by atoms with Crippen molar-refractivity contribution in [2.45, 2.75) is 31.1 Å². The number of ether oxygens (including phenoxy) is 2. The molecule has 0 N–H and O–H groups in total. The van der Waals surface area contributed by atoms with E-state index in [0.29, 0.717) is 16.4 Å². The van der Waals surface area contributed by atoms with Gasteiger partial charge in [0, 0.05) is 5.41 Å². The summed E-state index contributed by atoms with van der Waals surface area (Å²) in [6.45, 7) is 6.39. The summed E-state index contributed by atoms with van der Waals surface area (Å²) < 4.78 is 29.3. The van der Waals surface area contributed by atoms with Gasteiger partial charge in [-0.1, -0.05) is 55.8 Å². The predicted octanol–water partition coefficient (Wildman–Crippen LogP) is 7.22. The molecule has 0 spiro atoms. The Bertz CT molecular complexity index is 1240. The van der Waals surface area contributed by atoms with Crippen LogP contribution in [0.2, 0.25) is 0 Å². The number of aryl methyl sites for hydroxylation is 1. The van der Waals surface area contributed by atoms with Crippen molar-refractivity contribution >= 4 is 11.1 Å². The first kappa shape index (κ1) is 23.6. The second-order valence-electron chi connectivity index (χ2n) is 8.58. The lowest BCUT2D eigenvalue weighted by atomic mass is 9.78. The monoisotopic (exact) mass is 472 g/mol. The van der Waals surface area contributed by atoms with Crippen LogP contribution in [0.15, 0.2) is 102 Å². The molecule has 1 atom stereocenters. The molecule has 0 heterocycles. The Kier molecular flexibility index (Phi) is 7.03. The summed E-state index contributed by atoms with van der Waals surface area (Å²) in [5.74, 6) is 2.82. The minimum absolute atomic E-state index is 0.159. The molecule has 0 saturated carbocycles. The van der Waals surface area contributed by atoms with E-state index in [0.717, 1.165) is 17.1 Å². The lowest BCUT2D eigenvalue weighted by Gasteiger charge is -2.26. The minimum atomic E-state index is -1.59. The van der Waals surface area contributed by atoms with Crippen LogP contribution >= 0.6 is 0 Å². The molecule has 174 valence electrons. The molecule has 5 heteroatoms. The van der Waals surface area contributed by atoms with Gasteiger partial charge in [0.25, 0.3) is 0 Å². The average molecular weight is 473 g/mol. The van der Waals surface area contributed by atoms with Gasteiger partial charge in [-0.25, -0.2) is 4.21 Å². The van der Waals surface area contributed by atoms with Crippen LogP contribution in [0.25, 0.3) is 0 Å². The van der Waals surface area contributed by atoms with Crippen molar-refractivity contribution < 1.29 is 17.9 Å². The van der Waals surface area contributed by atoms with E-state index in [1.165, 1.54) is 11.1 Å². The van der Waals surface area contributed by atoms with Gasteiger partial charge in [0.2, 0.25) is 11.1 Å². The van der Waals surface area contributed by atoms with Gasteiger partial charge in [-0.05, 0) is 78.7 Å². The fourth-order valence-electron chi connectivity index (χ4n) is 3.60. The highest BCUT2D eigenvalue weighted by Crippen LogP contribution is 2.34. The van der Waals surface area contributed by atoms with E-state index in [-0.39, 0.29) is 5.41 Å². The SMILES string of the molecule is COc1ccc(C(C)(C)c2ccc(Oc3ccc(S(=O)Oc4ccc(C)cc4)cc3)cc2)cc1. The summed E-state index contributed by atoms with van der Waals surface area (Å²) in [5, 5.41) is 0. The number of methoxy groups -OCH3 is 1. The third kappa shape index (κ3) is 5.49. The van der Waals surface area contributed by atoms with Crippen molar-refractivity contribution in [3.63, 3.8) is 0 Å². The fourth-order valence-corrected chi connectivity index (χ4v) is 4.34. The van der Waals surface area contributed by atoms with E-state index in [4.69, 9.17) is 13.7 Å². The number of rotatable bonds is 8. The number of hydrogen-bond donors (Lipinski definition) is 0. The van der Waals surface area contributed by atoms with Gasteiger partial charge >= 0.3 is 0 Å². The van der Waals surface area contributed by atoms with Crippen molar-refractivity contribution in [1.29, 1.82) is 0 Å². The molecule has 4 nitrogen and oxygen atoms in total. The standard InChI is InChI=1S/C29H28O4S/c1-21-5-11-27(12-6-21)33-34(30)28-19-17-26(18-20-28)32-25-15-9-23(10-16-25)29(2,3)22-7-13-24(31-4)14-8-22/h5-20H,1-4H3. The maximum Gasteiger partial charge on any atom is 0.240 e. The molecule has 0 bridgehead atoms. The number of benzene rings is 4. The maximum atomic E-state index is 12.5. The highest BCUT2D eigenvalue weighted by molar-refractivity contribution is 7.80. The molecule has 0 fully saturated rings. The predicted molar refractivity (Wildman–Crippen MR) is 136 cm³/mol. The summed E-state index contributed by atoms with van der Waals surface area (Å²) >= 11 is -1.59. The lowest BCUT2D eigenvalue weighted by molar-refractivity contribution is 0.414. The molecular weight excluding hydrogens is 444 g/mol. The Morgan fingerprint density at radius 1 is 0.618 bits per heavy atom. The molecule has 0 aliphatic carbocycles. The molecule has 0 aliphatic heterocycles. The topological polar surface area (TPSA) is 44.8 Å². The average Bonchev–Trinajstić information content (AvgIpc) is 2.86. The van der Waals surface area contributed by atoms with Crippen molar-refractivity contribution in [2.75, 3.05) is 7.11 Å². The summed E-state index contributed by atoms with van der Waals surface area (Å²) in [6.07, 6.45) is 0. The van der Waals surface area contributed by atoms with Gasteiger partial charge in [0.05, 0.1) is 12.0 Å². The van der Waals surface area contributed by atoms with Crippen LogP contribution < -0.4 is 13.7 Å². The first-order valence-electron chi connectivity index (χ1n) is 11.0. The first-order chi connectivity index (χ1) is 16.3. The van der Waals surface area contributed by atoms with Gasteiger partial charge in [-0.15, -0.1) is 0 Å². The van der Waals surface area contributed by atoms with Crippen LogP contribution in [0.3, 0.4) is 0 Å². The number of hydrogen-bond acceptors (Lipinski definition) is 4. The van der Waals surface area contributed by atoms with Crippen LogP contribution in [-0.4, -0.2) is 11.3 Å². The third-order valence-electron chi connectivity index (χ3n) is 5.83. The lowest BCUT2D eigenvalue weighted by Crippen LogP contribution is -2.18. The van der Waals surface area contributed by atoms with E-state index in [1.807, 2.05) is 55.5 Å². The van der Waals surface area contributed by atoms with Crippen LogP contribution in [0.4, 0.5) is 0 Å². The molecule has 0 aliphatic rings. The van der Waals surface area contributed by atoms with Crippen LogP contribution in [0, 0.1) is 6.92 Å². The summed E-state index contributed by atoms with van der Waals surface area (Å²) in [4.78, 5) is 0.574. The molecule has 0 aromatic heterocycles. The molecule has 0 saturated heterocycles. The summed E-state index contributed by atoms with van der Waals surface area (Å²) in [5.41, 5.74) is 3.35. The summed E-state index contributed by atoms with van der Waals surface area (Å²) in [7, 11) is 1.67. The van der Waals surface area contributed by atoms with E-state index >= 15 is 0 Å². The zero-order chi connectivity index (χ0) is 24.1. The Morgan fingerprint density at radius 3 is 1.56 bits per heavy atom. The quantitative estimate of drug-likeness (QED) is 0.271. The van der Waals surface area contributed by atoms with E-state index in [9.17, 15) is 4.21 Å². The van der Waals surface area contributed by atoms with E-state index in [1.54, 1.807) is 31.4 Å². The molecule has 4 aromatic carbocycles. The maximum absolute atomic E-state index is 12.5. The molecule has 34 heavy (non-hydrogen) atoms. The molecular formula is C29H28O4S. The van der Waals surface area contributed by atoms with E-state index < -0.39 is 11.1 Å². The molecule has 1 unspecified atom stereocenters. The van der Waals surface area contributed by atoms with Crippen molar-refractivity contribution in [3.8, 4) is 23.0 Å². The second kappa shape index (κ2) is 10.1. The Hall–Kier alpha value is -3.57. The van der Waals surface area contributed by atoms with Crippen molar-refractivity contribution in [2.24, 2.45) is 0 Å². The first-order valence-corrected chi connectivity index (χ1v) is 12.1. The van der Waals surface area contributed by atoms with Gasteiger partial charge in [-0.3, -0.25) is 0 Å². The van der Waals surface area contributed by atoms with Gasteiger partial charge in [0.15, 0.2) is 0 Å². The third-order valence-corrected chi connectivity index (χ3v) is 6.83. The van der Waals surface area contributed by atoms with Crippen LogP contribution in [0.1, 0.15) is 30.5 Å². The zero-order valence-electron chi connectivity index (χ0n) is 19.8. The van der Waals surface area contributed by atoms with Crippen LogP contribution in [-0.2, 0) is 16.5 Å². The molecule has 0 radical (unpaired) electrons. The van der Waals surface area contributed by atoms with Gasteiger partial charge in [-0.2, -0.15) is 0 Å². The summed E-state index contributed by atoms with van der Waals surface area (Å²) in [6, 6.07) is 30.8. The Balaban J connectivity index is 1.40. The Morgan fingerprint density at radius 2 is 1.06 bits per heavy atom. The molecule has 4 aromatic rings. The molecule has 0 amide bonds. The zero-order valence-corrected chi connectivity index (χ0v) is 20.6. The van der Waals surface area contributed by atoms with Gasteiger partial charge < -0.3 is 13.7 Å². The highest BCUT2D eigenvalue weighted by atomic mass is 32.2. The largest absolute Gasteiger partial charge is 0.497 e. The normalized spacial score (nSPS) is 12.1. The smallest absolute Gasteiger partial charge is 0.240 e. The fraction of sp³-hybridized carbons (Fsp3) is 0.172.